The molecule has 0 bridgehead atoms. The Bertz CT molecular complexity index is 608. The fourth-order valence-corrected chi connectivity index (χ4v) is 2.99. The molecule has 1 fully saturated rings. The number of likely N-dealkylation sites (tertiary alicyclic amines) is 1. The first-order chi connectivity index (χ1) is 10.1. The highest BCUT2D eigenvalue weighted by Crippen LogP contribution is 2.34. The van der Waals surface area contributed by atoms with Crippen molar-refractivity contribution in [2.45, 2.75) is 32.4 Å². The highest BCUT2D eigenvalue weighted by molar-refractivity contribution is 5.48. The van der Waals surface area contributed by atoms with Gasteiger partial charge in [-0.1, -0.05) is 17.3 Å². The zero-order chi connectivity index (χ0) is 14.8. The first kappa shape index (κ1) is 14.1. The molecule has 1 saturated heterocycles. The second-order valence-corrected chi connectivity index (χ2v) is 5.85. The lowest BCUT2D eigenvalue weighted by Crippen LogP contribution is -2.23. The molecule has 112 valence electrons. The molecule has 0 radical (unpaired) electrons. The lowest BCUT2D eigenvalue weighted by molar-refractivity contribution is 0.238. The molecule has 21 heavy (non-hydrogen) atoms. The Morgan fingerprint density at radius 1 is 1.38 bits per heavy atom. The van der Waals surface area contributed by atoms with Gasteiger partial charge in [-0.05, 0) is 37.1 Å². The molecule has 1 aromatic heterocycles. The van der Waals surface area contributed by atoms with E-state index < -0.39 is 0 Å². The van der Waals surface area contributed by atoms with E-state index in [1.807, 2.05) is 6.92 Å². The first-order valence-corrected chi connectivity index (χ1v) is 7.44. The summed E-state index contributed by atoms with van der Waals surface area (Å²) >= 11 is 0. The first-order valence-electron chi connectivity index (χ1n) is 7.44. The smallest absolute Gasteiger partial charge is 0.223 e. The molecule has 2 aromatic rings. The Labute approximate surface area is 125 Å². The van der Waals surface area contributed by atoms with Crippen LogP contribution in [0, 0.1) is 6.92 Å². The number of rotatable bonds is 4. The fraction of sp³-hybridized carbons (Fsp3) is 0.500. The minimum absolute atomic E-state index is 0.448. The predicted octanol–water partition coefficient (Wildman–Crippen LogP) is 2.78. The third-order valence-electron chi connectivity index (χ3n) is 4.05. The van der Waals surface area contributed by atoms with E-state index in [1.165, 1.54) is 24.1 Å². The second-order valence-electron chi connectivity index (χ2n) is 5.85. The van der Waals surface area contributed by atoms with Gasteiger partial charge in [0.1, 0.15) is 0 Å². The summed E-state index contributed by atoms with van der Waals surface area (Å²) in [6.07, 6.45) is 2.40. The van der Waals surface area contributed by atoms with Gasteiger partial charge in [0.15, 0.2) is 5.82 Å². The van der Waals surface area contributed by atoms with Crippen LogP contribution in [0.2, 0.25) is 0 Å². The molecule has 1 aliphatic rings. The Morgan fingerprint density at radius 3 is 2.95 bits per heavy atom. The van der Waals surface area contributed by atoms with Gasteiger partial charge in [-0.3, -0.25) is 4.90 Å². The maximum absolute atomic E-state index is 5.07. The van der Waals surface area contributed by atoms with Gasteiger partial charge in [-0.25, -0.2) is 0 Å². The third-order valence-corrected chi connectivity index (χ3v) is 4.05. The Morgan fingerprint density at radius 2 is 2.24 bits per heavy atom. The number of anilines is 1. The maximum Gasteiger partial charge on any atom is 0.223 e. The topological polar surface area (TPSA) is 45.4 Å². The standard InChI is InChI=1S/C16H22N4O/c1-12-17-16(18-21-12)11-20-9-5-8-15(20)13-6-4-7-14(10-13)19(2)3/h4,6-7,10,15H,5,8-9,11H2,1-3H3/t15-/m1/s1. The van der Waals surface area contributed by atoms with Gasteiger partial charge in [0, 0.05) is 32.7 Å². The second kappa shape index (κ2) is 5.85. The molecule has 5 heteroatoms. The maximum atomic E-state index is 5.07. The summed E-state index contributed by atoms with van der Waals surface area (Å²) in [7, 11) is 4.15. The van der Waals surface area contributed by atoms with Crippen LogP contribution in [0.1, 0.15) is 36.2 Å². The third kappa shape index (κ3) is 3.08. The zero-order valence-corrected chi connectivity index (χ0v) is 12.9. The van der Waals surface area contributed by atoms with Crippen molar-refractivity contribution in [1.82, 2.24) is 15.0 Å². The van der Waals surface area contributed by atoms with Crippen LogP contribution in [0.4, 0.5) is 5.69 Å². The van der Waals surface area contributed by atoms with E-state index in [0.717, 1.165) is 18.9 Å². The van der Waals surface area contributed by atoms with Gasteiger partial charge in [0.2, 0.25) is 5.89 Å². The Kier molecular flexibility index (Phi) is 3.92. The molecule has 0 aliphatic carbocycles. The lowest BCUT2D eigenvalue weighted by Gasteiger charge is -2.24. The normalized spacial score (nSPS) is 19.1. The summed E-state index contributed by atoms with van der Waals surface area (Å²) in [4.78, 5) is 8.91. The van der Waals surface area contributed by atoms with Crippen LogP contribution < -0.4 is 4.90 Å². The summed E-state index contributed by atoms with van der Waals surface area (Å²) in [5, 5.41) is 4.02. The quantitative estimate of drug-likeness (QED) is 0.865. The Hall–Kier alpha value is -1.88. The minimum Gasteiger partial charge on any atom is -0.378 e. The molecule has 1 aromatic carbocycles. The number of hydrogen-bond acceptors (Lipinski definition) is 5. The molecule has 5 nitrogen and oxygen atoms in total. The van der Waals surface area contributed by atoms with E-state index in [0.29, 0.717) is 11.9 Å². The van der Waals surface area contributed by atoms with Crippen LogP contribution in [0.15, 0.2) is 28.8 Å². The van der Waals surface area contributed by atoms with E-state index in [4.69, 9.17) is 4.52 Å². The van der Waals surface area contributed by atoms with E-state index >= 15 is 0 Å². The summed E-state index contributed by atoms with van der Waals surface area (Å²) in [5.74, 6) is 1.42. The van der Waals surface area contributed by atoms with Gasteiger partial charge in [0.05, 0.1) is 6.54 Å². The van der Waals surface area contributed by atoms with Crippen molar-refractivity contribution in [3.63, 3.8) is 0 Å². The van der Waals surface area contributed by atoms with Crippen molar-refractivity contribution in [3.8, 4) is 0 Å². The van der Waals surface area contributed by atoms with Crippen LogP contribution >= 0.6 is 0 Å². The van der Waals surface area contributed by atoms with E-state index in [1.54, 1.807) is 0 Å². The summed E-state index contributed by atoms with van der Waals surface area (Å²) in [5.41, 5.74) is 2.62. The molecule has 1 aliphatic heterocycles. The number of benzene rings is 1. The summed E-state index contributed by atoms with van der Waals surface area (Å²) in [6, 6.07) is 9.23. The fourth-order valence-electron chi connectivity index (χ4n) is 2.99. The molecule has 0 amide bonds. The average molecular weight is 286 g/mol. The van der Waals surface area contributed by atoms with E-state index in [-0.39, 0.29) is 0 Å². The van der Waals surface area contributed by atoms with Crippen molar-refractivity contribution < 1.29 is 4.52 Å². The molecule has 0 unspecified atom stereocenters. The average Bonchev–Trinajstić information content (AvgIpc) is 3.09. The van der Waals surface area contributed by atoms with Crippen LogP contribution in [-0.2, 0) is 6.54 Å². The van der Waals surface area contributed by atoms with E-state index in [2.05, 4.69) is 58.3 Å². The molecule has 0 saturated carbocycles. The van der Waals surface area contributed by atoms with Crippen molar-refractivity contribution in [2.75, 3.05) is 25.5 Å². The van der Waals surface area contributed by atoms with Gasteiger partial charge >= 0.3 is 0 Å². The highest BCUT2D eigenvalue weighted by atomic mass is 16.5. The van der Waals surface area contributed by atoms with Crippen LogP contribution in [-0.4, -0.2) is 35.7 Å². The van der Waals surface area contributed by atoms with Gasteiger partial charge in [-0.15, -0.1) is 0 Å². The summed E-state index contributed by atoms with van der Waals surface area (Å²) in [6.45, 7) is 3.68. The Balaban J connectivity index is 1.78. The number of nitrogens with zero attached hydrogens (tertiary/aromatic N) is 4. The largest absolute Gasteiger partial charge is 0.378 e. The molecule has 3 rings (SSSR count). The number of aromatic nitrogens is 2. The zero-order valence-electron chi connectivity index (χ0n) is 12.9. The van der Waals surface area contributed by atoms with Crippen LogP contribution in [0.25, 0.3) is 0 Å². The molecular formula is C16H22N4O. The molecule has 0 spiro atoms. The highest BCUT2D eigenvalue weighted by Gasteiger charge is 2.27. The van der Waals surface area contributed by atoms with Crippen LogP contribution in [0.5, 0.6) is 0 Å². The van der Waals surface area contributed by atoms with Crippen molar-refractivity contribution in [3.05, 3.63) is 41.5 Å². The van der Waals surface area contributed by atoms with Gasteiger partial charge in [-0.2, -0.15) is 4.98 Å². The summed E-state index contributed by atoms with van der Waals surface area (Å²) < 4.78 is 5.07. The molecular weight excluding hydrogens is 264 g/mol. The van der Waals surface area contributed by atoms with Gasteiger partial charge in [0.25, 0.3) is 0 Å². The monoisotopic (exact) mass is 286 g/mol. The van der Waals surface area contributed by atoms with Crippen molar-refractivity contribution in [1.29, 1.82) is 0 Å². The van der Waals surface area contributed by atoms with Crippen LogP contribution in [0.3, 0.4) is 0 Å². The SMILES string of the molecule is Cc1nc(CN2CCC[C@@H]2c2cccc(N(C)C)c2)no1. The minimum atomic E-state index is 0.448. The molecule has 0 N–H and O–H groups in total. The lowest BCUT2D eigenvalue weighted by atomic mass is 10.0. The van der Waals surface area contributed by atoms with E-state index in [9.17, 15) is 0 Å². The van der Waals surface area contributed by atoms with Crippen molar-refractivity contribution >= 4 is 5.69 Å². The molecule has 1 atom stereocenters. The molecule has 2 heterocycles. The number of aryl methyl sites for hydroxylation is 1. The predicted molar refractivity (Wildman–Crippen MR) is 82.2 cm³/mol. The van der Waals surface area contributed by atoms with Crippen molar-refractivity contribution in [2.24, 2.45) is 0 Å². The van der Waals surface area contributed by atoms with Gasteiger partial charge < -0.3 is 9.42 Å². The number of hydrogen-bond donors (Lipinski definition) is 0.